The predicted octanol–water partition coefficient (Wildman–Crippen LogP) is 4.16. The van der Waals surface area contributed by atoms with E-state index in [0.717, 1.165) is 17.9 Å². The van der Waals surface area contributed by atoms with Crippen molar-refractivity contribution in [2.24, 2.45) is 0 Å². The van der Waals surface area contributed by atoms with Crippen LogP contribution in [-0.4, -0.2) is 29.6 Å². The molecule has 1 N–H and O–H groups in total. The number of hydrogen-bond acceptors (Lipinski definition) is 6. The Bertz CT molecular complexity index is 866. The van der Waals surface area contributed by atoms with Gasteiger partial charge in [-0.2, -0.15) is 4.98 Å². The molecule has 1 heterocycles. The summed E-state index contributed by atoms with van der Waals surface area (Å²) in [5, 5.41) is 3.23. The van der Waals surface area contributed by atoms with Crippen LogP contribution in [0, 0.1) is 0 Å². The summed E-state index contributed by atoms with van der Waals surface area (Å²) in [6.07, 6.45) is 1.72. The lowest BCUT2D eigenvalue weighted by Crippen LogP contribution is -2.18. The molecule has 0 unspecified atom stereocenters. The second-order valence-corrected chi connectivity index (χ2v) is 5.52. The van der Waals surface area contributed by atoms with Gasteiger partial charge in [-0.05, 0) is 49.4 Å². The molecule has 0 bridgehead atoms. The van der Waals surface area contributed by atoms with Gasteiger partial charge in [0.2, 0.25) is 5.95 Å². The van der Waals surface area contributed by atoms with Gasteiger partial charge in [0.1, 0.15) is 5.82 Å². The molecular weight excluding hydrogens is 328 g/mol. The fraction of sp³-hybridized carbons (Fsp3) is 0.150. The number of carbonyl (C=O) groups excluding carboxylic acids is 1. The van der Waals surface area contributed by atoms with E-state index in [1.54, 1.807) is 24.4 Å². The molecular formula is C20H20N4O2. The Labute approximate surface area is 152 Å². The van der Waals surface area contributed by atoms with Gasteiger partial charge in [0.25, 0.3) is 0 Å². The first-order chi connectivity index (χ1) is 12.7. The first kappa shape index (κ1) is 17.4. The molecule has 3 rings (SSSR count). The van der Waals surface area contributed by atoms with E-state index < -0.39 is 0 Å². The number of hydrogen-bond donors (Lipinski definition) is 1. The molecule has 0 aliphatic heterocycles. The van der Waals surface area contributed by atoms with E-state index in [2.05, 4.69) is 22.2 Å². The third-order valence-corrected chi connectivity index (χ3v) is 3.85. The van der Waals surface area contributed by atoms with E-state index in [1.165, 1.54) is 7.11 Å². The molecule has 6 heteroatoms. The van der Waals surface area contributed by atoms with E-state index in [-0.39, 0.29) is 5.97 Å². The minimum absolute atomic E-state index is 0.359. The van der Waals surface area contributed by atoms with Gasteiger partial charge in [-0.25, -0.2) is 9.78 Å². The smallest absolute Gasteiger partial charge is 0.337 e. The summed E-state index contributed by atoms with van der Waals surface area (Å²) in [6.45, 7) is 2.81. The van der Waals surface area contributed by atoms with Crippen molar-refractivity contribution < 1.29 is 9.53 Å². The zero-order chi connectivity index (χ0) is 18.4. The van der Waals surface area contributed by atoms with Gasteiger partial charge in [0.15, 0.2) is 0 Å². The number of benzene rings is 2. The molecule has 3 aromatic rings. The Balaban J connectivity index is 1.80. The lowest BCUT2D eigenvalue weighted by atomic mass is 10.2. The molecule has 0 fully saturated rings. The fourth-order valence-corrected chi connectivity index (χ4v) is 2.55. The van der Waals surface area contributed by atoms with Crippen molar-refractivity contribution in [3.63, 3.8) is 0 Å². The van der Waals surface area contributed by atoms with Crippen LogP contribution >= 0.6 is 0 Å². The first-order valence-corrected chi connectivity index (χ1v) is 8.32. The van der Waals surface area contributed by atoms with Crippen molar-refractivity contribution in [1.82, 2.24) is 9.97 Å². The Kier molecular flexibility index (Phi) is 5.43. The number of anilines is 4. The SMILES string of the molecule is CCN(c1ccccc1)c1nccc(Nc2ccc(C(=O)OC)cc2)n1. The van der Waals surface area contributed by atoms with Gasteiger partial charge in [-0.1, -0.05) is 18.2 Å². The lowest BCUT2D eigenvalue weighted by Gasteiger charge is -2.21. The number of ether oxygens (including phenoxy) is 1. The van der Waals surface area contributed by atoms with Crippen LogP contribution in [0.2, 0.25) is 0 Å². The topological polar surface area (TPSA) is 67.4 Å². The van der Waals surface area contributed by atoms with Crippen LogP contribution in [0.15, 0.2) is 66.9 Å². The van der Waals surface area contributed by atoms with Crippen LogP contribution in [0.5, 0.6) is 0 Å². The Morgan fingerprint density at radius 2 is 1.81 bits per heavy atom. The largest absolute Gasteiger partial charge is 0.465 e. The van der Waals surface area contributed by atoms with Crippen LogP contribution < -0.4 is 10.2 Å². The minimum atomic E-state index is -0.359. The summed E-state index contributed by atoms with van der Waals surface area (Å²) in [5.41, 5.74) is 2.36. The average molecular weight is 348 g/mol. The highest BCUT2D eigenvalue weighted by Gasteiger charge is 2.11. The van der Waals surface area contributed by atoms with E-state index in [0.29, 0.717) is 17.3 Å². The fourth-order valence-electron chi connectivity index (χ4n) is 2.55. The van der Waals surface area contributed by atoms with Gasteiger partial charge < -0.3 is 15.0 Å². The van der Waals surface area contributed by atoms with Crippen molar-refractivity contribution in [2.45, 2.75) is 6.92 Å². The number of aromatic nitrogens is 2. The summed E-state index contributed by atoms with van der Waals surface area (Å²) in [7, 11) is 1.36. The van der Waals surface area contributed by atoms with E-state index in [9.17, 15) is 4.79 Å². The maximum atomic E-state index is 11.5. The molecule has 0 amide bonds. The molecule has 0 atom stereocenters. The van der Waals surface area contributed by atoms with Crippen LogP contribution in [0.1, 0.15) is 17.3 Å². The highest BCUT2D eigenvalue weighted by molar-refractivity contribution is 5.89. The second kappa shape index (κ2) is 8.11. The van der Waals surface area contributed by atoms with Gasteiger partial charge in [0, 0.05) is 24.1 Å². The molecule has 26 heavy (non-hydrogen) atoms. The number of rotatable bonds is 6. The number of carbonyl (C=O) groups is 1. The van der Waals surface area contributed by atoms with Crippen LogP contribution in [0.25, 0.3) is 0 Å². The zero-order valence-electron chi connectivity index (χ0n) is 14.7. The standard InChI is InChI=1S/C20H20N4O2/c1-3-24(17-7-5-4-6-8-17)20-21-14-13-18(23-20)22-16-11-9-15(10-12-16)19(25)26-2/h4-14H,3H2,1-2H3,(H,21,22,23). The highest BCUT2D eigenvalue weighted by Crippen LogP contribution is 2.23. The van der Waals surface area contributed by atoms with Gasteiger partial charge in [-0.15, -0.1) is 0 Å². The molecule has 1 aromatic heterocycles. The summed E-state index contributed by atoms with van der Waals surface area (Å²) < 4.78 is 4.71. The molecule has 0 saturated carbocycles. The number of nitrogens with zero attached hydrogens (tertiary/aromatic N) is 3. The van der Waals surface area contributed by atoms with Crippen molar-refractivity contribution in [3.8, 4) is 0 Å². The maximum absolute atomic E-state index is 11.5. The predicted molar refractivity (Wildman–Crippen MR) is 102 cm³/mol. The monoisotopic (exact) mass is 348 g/mol. The quantitative estimate of drug-likeness (QED) is 0.675. The summed E-state index contributed by atoms with van der Waals surface area (Å²) in [5.74, 6) is 0.937. The molecule has 0 radical (unpaired) electrons. The minimum Gasteiger partial charge on any atom is -0.465 e. The average Bonchev–Trinajstić information content (AvgIpc) is 2.70. The van der Waals surface area contributed by atoms with Crippen LogP contribution in [0.4, 0.5) is 23.1 Å². The molecule has 132 valence electrons. The maximum Gasteiger partial charge on any atom is 0.337 e. The summed E-state index contributed by atoms with van der Waals surface area (Å²) in [4.78, 5) is 22.5. The number of para-hydroxylation sites is 1. The zero-order valence-corrected chi connectivity index (χ0v) is 14.7. The lowest BCUT2D eigenvalue weighted by molar-refractivity contribution is 0.0601. The van der Waals surface area contributed by atoms with Gasteiger partial charge in [-0.3, -0.25) is 0 Å². The molecule has 0 aliphatic carbocycles. The Hall–Kier alpha value is -3.41. The second-order valence-electron chi connectivity index (χ2n) is 5.52. The molecule has 6 nitrogen and oxygen atoms in total. The van der Waals surface area contributed by atoms with Crippen LogP contribution in [-0.2, 0) is 4.74 Å². The van der Waals surface area contributed by atoms with Crippen molar-refractivity contribution >= 4 is 29.1 Å². The molecule has 0 spiro atoms. The summed E-state index contributed by atoms with van der Waals surface area (Å²) >= 11 is 0. The normalized spacial score (nSPS) is 10.2. The van der Waals surface area contributed by atoms with E-state index >= 15 is 0 Å². The Morgan fingerprint density at radius 1 is 1.08 bits per heavy atom. The third-order valence-electron chi connectivity index (χ3n) is 3.85. The molecule has 0 saturated heterocycles. The van der Waals surface area contributed by atoms with Crippen molar-refractivity contribution in [3.05, 3.63) is 72.4 Å². The molecule has 0 aliphatic rings. The number of methoxy groups -OCH3 is 1. The Morgan fingerprint density at radius 3 is 2.46 bits per heavy atom. The number of nitrogens with one attached hydrogen (secondary N) is 1. The summed E-state index contributed by atoms with van der Waals surface area (Å²) in [6, 6.07) is 18.8. The van der Waals surface area contributed by atoms with Crippen LogP contribution in [0.3, 0.4) is 0 Å². The first-order valence-electron chi connectivity index (χ1n) is 8.32. The van der Waals surface area contributed by atoms with E-state index in [4.69, 9.17) is 4.74 Å². The van der Waals surface area contributed by atoms with Gasteiger partial charge >= 0.3 is 5.97 Å². The van der Waals surface area contributed by atoms with Crippen molar-refractivity contribution in [2.75, 3.05) is 23.9 Å². The van der Waals surface area contributed by atoms with E-state index in [1.807, 2.05) is 47.4 Å². The molecule has 2 aromatic carbocycles. The highest BCUT2D eigenvalue weighted by atomic mass is 16.5. The number of esters is 1. The third kappa shape index (κ3) is 3.97. The van der Waals surface area contributed by atoms with Crippen molar-refractivity contribution in [1.29, 1.82) is 0 Å². The van der Waals surface area contributed by atoms with Gasteiger partial charge in [0.05, 0.1) is 12.7 Å².